The molecule has 0 spiro atoms. The monoisotopic (exact) mass is 672 g/mol. The van der Waals surface area contributed by atoms with Gasteiger partial charge >= 0.3 is 11.9 Å². The van der Waals surface area contributed by atoms with Gasteiger partial charge in [-0.2, -0.15) is 0 Å². The number of aliphatic carboxylic acids is 1. The minimum Gasteiger partial charge on any atom is -0.481 e. The van der Waals surface area contributed by atoms with E-state index in [4.69, 9.17) is 26.4 Å². The average molecular weight is 673 g/mol. The molecule has 4 heterocycles. The van der Waals surface area contributed by atoms with Crippen LogP contribution in [0.2, 0.25) is 5.02 Å². The minimum atomic E-state index is -1.04. The molecule has 3 atom stereocenters. The number of carbonyl (C=O) groups excluding carboxylic acids is 1. The Kier molecular flexibility index (Phi) is 9.34. The van der Waals surface area contributed by atoms with Gasteiger partial charge in [-0.15, -0.1) is 11.3 Å². The maximum Gasteiger partial charge on any atom is 0.338 e. The van der Waals surface area contributed by atoms with E-state index in [9.17, 15) is 19.1 Å². The van der Waals surface area contributed by atoms with Crippen molar-refractivity contribution in [1.29, 1.82) is 0 Å². The van der Waals surface area contributed by atoms with Gasteiger partial charge in [-0.25, -0.2) is 18.6 Å². The molecule has 2 saturated heterocycles. The molecule has 3 N–H and O–H groups in total. The van der Waals surface area contributed by atoms with Gasteiger partial charge in [0.15, 0.2) is 17.2 Å². The topological polar surface area (TPSA) is 131 Å². The number of aliphatic hydroxyl groups is 1. The van der Waals surface area contributed by atoms with Crippen LogP contribution in [0, 0.1) is 11.6 Å². The number of ether oxygens (including phenoxy) is 1. The molecule has 6 rings (SSSR count). The molecule has 0 radical (unpaired) electrons. The van der Waals surface area contributed by atoms with Crippen LogP contribution in [0.5, 0.6) is 0 Å². The molecule has 0 bridgehead atoms. The summed E-state index contributed by atoms with van der Waals surface area (Å²) in [6.07, 6.45) is 0.707. The molecule has 1 unspecified atom stereocenters. The van der Waals surface area contributed by atoms with Crippen molar-refractivity contribution in [2.45, 2.75) is 31.3 Å². The summed E-state index contributed by atoms with van der Waals surface area (Å²) in [6.45, 7) is 2.14. The highest BCUT2D eigenvalue weighted by molar-refractivity contribution is 7.11. The van der Waals surface area contributed by atoms with Gasteiger partial charge in [0.05, 0.1) is 18.4 Å². The fourth-order valence-corrected chi connectivity index (χ4v) is 7.01. The highest BCUT2D eigenvalue weighted by Gasteiger charge is 2.43. The molecule has 0 aliphatic carbocycles. The van der Waals surface area contributed by atoms with Crippen LogP contribution in [0.4, 0.5) is 14.5 Å². The van der Waals surface area contributed by atoms with Crippen LogP contribution in [0.1, 0.15) is 28.6 Å². The second kappa shape index (κ2) is 13.4. The number of piperazine rings is 1. The van der Waals surface area contributed by atoms with E-state index in [1.165, 1.54) is 42.7 Å². The fourth-order valence-electron chi connectivity index (χ4n) is 6.15. The van der Waals surface area contributed by atoms with Gasteiger partial charge in [0.25, 0.3) is 0 Å². The van der Waals surface area contributed by atoms with Crippen molar-refractivity contribution in [3.63, 3.8) is 0 Å². The number of thiazole rings is 1. The molecule has 3 aromatic rings. The normalized spacial score (nSPS) is 22.0. The van der Waals surface area contributed by atoms with E-state index in [1.54, 1.807) is 28.6 Å². The molecule has 3 aliphatic rings. The molecular weight excluding hydrogens is 642 g/mol. The maximum absolute atomic E-state index is 15.2. The Balaban J connectivity index is 1.25. The number of aliphatic hydroxyl groups excluding tert-OH is 1. The van der Waals surface area contributed by atoms with Crippen LogP contribution in [0.15, 0.2) is 64.2 Å². The predicted octanol–water partition coefficient (Wildman–Crippen LogP) is 3.39. The molecule has 2 fully saturated rings. The van der Waals surface area contributed by atoms with Crippen molar-refractivity contribution in [3.05, 3.63) is 92.0 Å². The molecule has 1 aromatic heterocycles. The summed E-state index contributed by atoms with van der Waals surface area (Å²) < 4.78 is 34.3. The Morgan fingerprint density at radius 2 is 2.00 bits per heavy atom. The third kappa shape index (κ3) is 6.48. The Bertz CT molecular complexity index is 1710. The number of carboxylic acid groups (broad SMARTS) is 1. The number of aliphatic imine (C=N–C) groups is 1. The Hall–Kier alpha value is -3.95. The van der Waals surface area contributed by atoms with Gasteiger partial charge < -0.3 is 25.2 Å². The molecular formula is C31H31ClF2N6O5S. The van der Waals surface area contributed by atoms with E-state index in [-0.39, 0.29) is 41.7 Å². The summed E-state index contributed by atoms with van der Waals surface area (Å²) in [7, 11) is 1.28. The summed E-state index contributed by atoms with van der Waals surface area (Å²) in [5, 5.41) is 25.9. The number of hydrogen-bond donors (Lipinski definition) is 3. The van der Waals surface area contributed by atoms with E-state index >= 15 is 4.39 Å². The number of hydrogen-bond acceptors (Lipinski definition) is 11. The van der Waals surface area contributed by atoms with E-state index < -0.39 is 36.0 Å². The Morgan fingerprint density at radius 1 is 1.17 bits per heavy atom. The highest BCUT2D eigenvalue weighted by atomic mass is 35.5. The number of benzene rings is 2. The third-order valence-electron chi connectivity index (χ3n) is 8.35. The molecule has 46 heavy (non-hydrogen) atoms. The number of nitrogens with zero attached hydrogens (tertiary/aromatic N) is 5. The smallest absolute Gasteiger partial charge is 0.338 e. The summed E-state index contributed by atoms with van der Waals surface area (Å²) >= 11 is 7.83. The lowest BCUT2D eigenvalue weighted by atomic mass is 9.95. The number of esters is 1. The lowest BCUT2D eigenvalue weighted by Crippen LogP contribution is -2.54. The van der Waals surface area contributed by atoms with E-state index in [2.05, 4.69) is 15.2 Å². The zero-order chi connectivity index (χ0) is 32.5. The van der Waals surface area contributed by atoms with E-state index in [0.29, 0.717) is 53.8 Å². The van der Waals surface area contributed by atoms with Crippen LogP contribution in [-0.4, -0.2) is 95.0 Å². The lowest BCUT2D eigenvalue weighted by Gasteiger charge is -2.39. The summed E-state index contributed by atoms with van der Waals surface area (Å²) in [5.74, 6) is -2.18. The quantitative estimate of drug-likeness (QED) is 0.291. The number of rotatable bonds is 9. The average Bonchev–Trinajstić information content (AvgIpc) is 3.68. The highest BCUT2D eigenvalue weighted by Crippen LogP contribution is 2.37. The standard InChI is InChI=1S/C31H31ClF2N6O5S/c1-45-30(43)26-23(36-28(29-35-8-11-46-29)37-27(26)20-5-4-18(33)13-21(20)32)16-38-9-10-39-19(14-38)15-40(31(39)44)24-6-2-17(12-22(24)34)3-7-25(41)42/h2,4-6,8,11-13,19,27,31,44H,3,7,9-10,14-16H2,1H3,(H,36,37)(H,41,42)/t19-,27-,31?/m0/s1. The van der Waals surface area contributed by atoms with Crippen LogP contribution in [0.25, 0.3) is 0 Å². The SMILES string of the molecule is COC(=O)C1=C(CN2CCN3C(O)N(c4ccc(CCC(=O)O)cc4F)C[C@@H]3C2)NC(c2nccs2)=N[C@H]1c1ccc(F)cc1Cl. The van der Waals surface area contributed by atoms with E-state index in [0.717, 1.165) is 0 Å². The molecule has 15 heteroatoms. The molecule has 0 saturated carbocycles. The fraction of sp³-hybridized carbons (Fsp3) is 0.355. The van der Waals surface area contributed by atoms with Gasteiger partial charge in [-0.05, 0) is 36.2 Å². The van der Waals surface area contributed by atoms with Crippen LogP contribution in [0.3, 0.4) is 0 Å². The van der Waals surface area contributed by atoms with Crippen molar-refractivity contribution in [3.8, 4) is 0 Å². The number of carbonyl (C=O) groups is 2. The van der Waals surface area contributed by atoms with Crippen LogP contribution in [-0.2, 0) is 20.7 Å². The minimum absolute atomic E-state index is 0.103. The summed E-state index contributed by atoms with van der Waals surface area (Å²) in [5.41, 5.74) is 2.00. The van der Waals surface area contributed by atoms with Gasteiger partial charge in [0.1, 0.15) is 17.7 Å². The van der Waals surface area contributed by atoms with Crippen molar-refractivity contribution < 1.29 is 33.3 Å². The van der Waals surface area contributed by atoms with Crippen LogP contribution < -0.4 is 10.2 Å². The number of anilines is 1. The first-order valence-corrected chi connectivity index (χ1v) is 15.8. The zero-order valence-corrected chi connectivity index (χ0v) is 26.3. The van der Waals surface area contributed by atoms with Crippen molar-refractivity contribution >= 4 is 46.4 Å². The number of nitrogens with one attached hydrogen (secondary N) is 1. The Morgan fingerprint density at radius 3 is 2.70 bits per heavy atom. The summed E-state index contributed by atoms with van der Waals surface area (Å²) in [4.78, 5) is 39.0. The molecule has 242 valence electrons. The van der Waals surface area contributed by atoms with Gasteiger partial charge in [0.2, 0.25) is 0 Å². The first-order chi connectivity index (χ1) is 22.1. The first kappa shape index (κ1) is 32.0. The third-order valence-corrected chi connectivity index (χ3v) is 9.46. The first-order valence-electron chi connectivity index (χ1n) is 14.6. The van der Waals surface area contributed by atoms with Gasteiger partial charge in [-0.3, -0.25) is 19.6 Å². The van der Waals surface area contributed by atoms with Crippen molar-refractivity contribution in [2.75, 3.05) is 44.7 Å². The number of methoxy groups -OCH3 is 1. The van der Waals surface area contributed by atoms with E-state index in [1.807, 2.05) is 4.90 Å². The number of carboxylic acids is 1. The number of aromatic nitrogens is 1. The predicted molar refractivity (Wildman–Crippen MR) is 168 cm³/mol. The number of halogens is 3. The lowest BCUT2D eigenvalue weighted by molar-refractivity contribution is -0.137. The van der Waals surface area contributed by atoms with Gasteiger partial charge in [0, 0.05) is 73.0 Å². The molecule has 0 amide bonds. The number of fused-ring (bicyclic) bond motifs is 1. The second-order valence-electron chi connectivity index (χ2n) is 11.2. The molecule has 2 aromatic carbocycles. The Labute approximate surface area is 272 Å². The zero-order valence-electron chi connectivity index (χ0n) is 24.7. The molecule has 3 aliphatic heterocycles. The van der Waals surface area contributed by atoms with Gasteiger partial charge in [-0.1, -0.05) is 23.7 Å². The summed E-state index contributed by atoms with van der Waals surface area (Å²) in [6, 6.07) is 7.47. The second-order valence-corrected chi connectivity index (χ2v) is 12.5. The van der Waals surface area contributed by atoms with Crippen molar-refractivity contribution in [2.24, 2.45) is 4.99 Å². The maximum atomic E-state index is 15.2. The number of amidine groups is 1. The largest absolute Gasteiger partial charge is 0.481 e. The number of aryl methyl sites for hydroxylation is 1. The molecule has 11 nitrogen and oxygen atoms in total. The van der Waals surface area contributed by atoms with Crippen LogP contribution >= 0.6 is 22.9 Å². The van der Waals surface area contributed by atoms with Crippen molar-refractivity contribution in [1.82, 2.24) is 20.1 Å².